The van der Waals surface area contributed by atoms with Crippen molar-refractivity contribution in [2.75, 3.05) is 0 Å². The summed E-state index contributed by atoms with van der Waals surface area (Å²) in [6.07, 6.45) is 6.32. The largest absolute Gasteiger partial charge is 0.440 e. The fourth-order valence-electron chi connectivity index (χ4n) is 2.92. The van der Waals surface area contributed by atoms with Crippen LogP contribution in [0.1, 0.15) is 35.7 Å². The fourth-order valence-corrected chi connectivity index (χ4v) is 3.88. The predicted octanol–water partition coefficient (Wildman–Crippen LogP) is 5.30. The number of benzene rings is 1. The van der Waals surface area contributed by atoms with Gasteiger partial charge in [-0.25, -0.2) is 4.98 Å². The van der Waals surface area contributed by atoms with E-state index in [0.29, 0.717) is 5.02 Å². The number of rotatable bonds is 5. The van der Waals surface area contributed by atoms with E-state index in [4.69, 9.17) is 20.5 Å². The molecule has 4 nitrogen and oxygen atoms in total. The smallest absolute Gasteiger partial charge is 0.204 e. The summed E-state index contributed by atoms with van der Waals surface area (Å²) >= 11 is 7.66. The molecule has 0 N–H and O–H groups in total. The minimum Gasteiger partial charge on any atom is -0.440 e. The van der Waals surface area contributed by atoms with Crippen LogP contribution in [0, 0.1) is 0 Å². The average molecular weight is 361 g/mol. The summed E-state index contributed by atoms with van der Waals surface area (Å²) in [5.74, 6) is 4.12. The number of halogens is 1. The van der Waals surface area contributed by atoms with Gasteiger partial charge in [0.1, 0.15) is 5.76 Å². The molecule has 6 heteroatoms. The zero-order valence-electron chi connectivity index (χ0n) is 13.1. The Morgan fingerprint density at radius 1 is 1.08 bits per heavy atom. The number of nitrogens with zero attached hydrogens (tertiary/aromatic N) is 2. The quantitative estimate of drug-likeness (QED) is 0.618. The molecule has 0 atom stereocenters. The maximum Gasteiger partial charge on any atom is 0.204 e. The summed E-state index contributed by atoms with van der Waals surface area (Å²) in [6.45, 7) is 0. The van der Waals surface area contributed by atoms with Crippen LogP contribution in [0.2, 0.25) is 5.02 Å². The van der Waals surface area contributed by atoms with Crippen molar-refractivity contribution in [3.05, 3.63) is 58.4 Å². The van der Waals surface area contributed by atoms with Crippen molar-refractivity contribution in [2.45, 2.75) is 37.2 Å². The zero-order chi connectivity index (χ0) is 16.4. The molecule has 2 aromatic heterocycles. The molecule has 24 heavy (non-hydrogen) atoms. The molecule has 0 spiro atoms. The second-order valence-electron chi connectivity index (χ2n) is 5.86. The number of oxazole rings is 1. The molecular formula is C18H17ClN2O2S. The van der Waals surface area contributed by atoms with Gasteiger partial charge in [0.05, 0.1) is 17.6 Å². The van der Waals surface area contributed by atoms with Crippen LogP contribution < -0.4 is 0 Å². The Labute approximate surface area is 149 Å². The lowest BCUT2D eigenvalue weighted by Gasteiger charge is -2.08. The summed E-state index contributed by atoms with van der Waals surface area (Å²) in [5, 5.41) is 4.94. The minimum absolute atomic E-state index is 0.713. The molecule has 0 amide bonds. The predicted molar refractivity (Wildman–Crippen MR) is 95.1 cm³/mol. The van der Waals surface area contributed by atoms with Gasteiger partial charge in [-0.1, -0.05) is 16.8 Å². The Hall–Kier alpha value is -1.72. The number of aromatic nitrogens is 2. The van der Waals surface area contributed by atoms with Gasteiger partial charge >= 0.3 is 0 Å². The van der Waals surface area contributed by atoms with Crippen LogP contribution in [0.15, 0.2) is 39.4 Å². The van der Waals surface area contributed by atoms with E-state index in [1.807, 2.05) is 24.3 Å². The summed E-state index contributed by atoms with van der Waals surface area (Å²) in [5.41, 5.74) is 3.39. The van der Waals surface area contributed by atoms with Crippen LogP contribution in [0.5, 0.6) is 0 Å². The summed E-state index contributed by atoms with van der Waals surface area (Å²) in [6, 6.07) is 7.56. The van der Waals surface area contributed by atoms with E-state index in [1.54, 1.807) is 18.0 Å². The Balaban J connectivity index is 1.37. The first-order valence-electron chi connectivity index (χ1n) is 8.04. The van der Waals surface area contributed by atoms with E-state index in [9.17, 15) is 0 Å². The summed E-state index contributed by atoms with van der Waals surface area (Å²) in [7, 11) is 0. The average Bonchev–Trinajstić information content (AvgIpc) is 3.23. The molecule has 3 aromatic rings. The Kier molecular flexibility index (Phi) is 4.63. The number of thioether (sulfide) groups is 1. The SMILES string of the molecule is Clc1ccc(-c2cnc(CSCc3noc4c3CCCC4)o2)cc1. The van der Waals surface area contributed by atoms with Gasteiger partial charge in [-0.05, 0) is 43.5 Å². The van der Waals surface area contributed by atoms with E-state index in [0.717, 1.165) is 53.0 Å². The molecule has 124 valence electrons. The fraction of sp³-hybridized carbons (Fsp3) is 0.333. The molecule has 1 aliphatic carbocycles. The molecule has 0 bridgehead atoms. The highest BCUT2D eigenvalue weighted by Gasteiger charge is 2.19. The second-order valence-corrected chi connectivity index (χ2v) is 7.28. The topological polar surface area (TPSA) is 52.1 Å². The summed E-state index contributed by atoms with van der Waals surface area (Å²) < 4.78 is 11.3. The first-order chi connectivity index (χ1) is 11.8. The zero-order valence-corrected chi connectivity index (χ0v) is 14.7. The third-order valence-corrected chi connectivity index (χ3v) is 5.36. The van der Waals surface area contributed by atoms with Crippen LogP contribution in [0.3, 0.4) is 0 Å². The van der Waals surface area contributed by atoms with Crippen molar-refractivity contribution >= 4 is 23.4 Å². The highest BCUT2D eigenvalue weighted by molar-refractivity contribution is 7.97. The van der Waals surface area contributed by atoms with Crippen LogP contribution >= 0.6 is 23.4 Å². The van der Waals surface area contributed by atoms with E-state index >= 15 is 0 Å². The van der Waals surface area contributed by atoms with Crippen LogP contribution in [-0.2, 0) is 24.3 Å². The molecule has 0 aliphatic heterocycles. The number of aryl methyl sites for hydroxylation is 1. The van der Waals surface area contributed by atoms with Crippen molar-refractivity contribution in [3.8, 4) is 11.3 Å². The number of hydrogen-bond donors (Lipinski definition) is 0. The lowest BCUT2D eigenvalue weighted by atomic mass is 9.97. The Morgan fingerprint density at radius 2 is 1.92 bits per heavy atom. The van der Waals surface area contributed by atoms with Crippen molar-refractivity contribution in [1.29, 1.82) is 0 Å². The van der Waals surface area contributed by atoms with Gasteiger partial charge < -0.3 is 8.94 Å². The van der Waals surface area contributed by atoms with Crippen LogP contribution in [0.25, 0.3) is 11.3 Å². The van der Waals surface area contributed by atoms with E-state index in [1.165, 1.54) is 18.4 Å². The van der Waals surface area contributed by atoms with Crippen molar-refractivity contribution < 1.29 is 8.94 Å². The van der Waals surface area contributed by atoms with Crippen molar-refractivity contribution in [2.24, 2.45) is 0 Å². The normalized spacial score (nSPS) is 13.9. The maximum atomic E-state index is 5.91. The van der Waals surface area contributed by atoms with Gasteiger partial charge in [0.25, 0.3) is 0 Å². The van der Waals surface area contributed by atoms with Crippen LogP contribution in [0.4, 0.5) is 0 Å². The van der Waals surface area contributed by atoms with Crippen molar-refractivity contribution in [1.82, 2.24) is 10.1 Å². The highest BCUT2D eigenvalue weighted by atomic mass is 35.5. The van der Waals surface area contributed by atoms with Gasteiger partial charge in [-0.15, -0.1) is 11.8 Å². The first kappa shape index (κ1) is 15.8. The first-order valence-corrected chi connectivity index (χ1v) is 9.57. The minimum atomic E-state index is 0.713. The monoisotopic (exact) mass is 360 g/mol. The molecule has 1 aromatic carbocycles. The standard InChI is InChI=1S/C18H17ClN2O2S/c19-13-7-5-12(6-8-13)17-9-20-18(22-17)11-24-10-15-14-3-1-2-4-16(14)23-21-15/h5-9H,1-4,10-11H2. The molecule has 4 rings (SSSR count). The Bertz CT molecular complexity index is 826. The van der Waals surface area contributed by atoms with Gasteiger partial charge in [-0.2, -0.15) is 0 Å². The van der Waals surface area contributed by atoms with E-state index in [-0.39, 0.29) is 0 Å². The molecule has 0 fully saturated rings. The van der Waals surface area contributed by atoms with Gasteiger partial charge in [0.2, 0.25) is 5.89 Å². The Morgan fingerprint density at radius 3 is 2.79 bits per heavy atom. The number of hydrogen-bond acceptors (Lipinski definition) is 5. The maximum absolute atomic E-state index is 5.91. The lowest BCUT2D eigenvalue weighted by Crippen LogP contribution is -2.01. The molecule has 0 saturated carbocycles. The number of fused-ring (bicyclic) bond motifs is 1. The second kappa shape index (κ2) is 7.03. The molecule has 0 unspecified atom stereocenters. The van der Waals surface area contributed by atoms with Gasteiger partial charge in [0.15, 0.2) is 5.76 Å². The van der Waals surface area contributed by atoms with E-state index in [2.05, 4.69) is 10.1 Å². The van der Waals surface area contributed by atoms with Crippen LogP contribution in [-0.4, -0.2) is 10.1 Å². The van der Waals surface area contributed by atoms with Gasteiger partial charge in [0, 0.05) is 28.3 Å². The molecule has 1 aliphatic rings. The van der Waals surface area contributed by atoms with E-state index < -0.39 is 0 Å². The third kappa shape index (κ3) is 3.37. The van der Waals surface area contributed by atoms with Crippen molar-refractivity contribution in [3.63, 3.8) is 0 Å². The third-order valence-electron chi connectivity index (χ3n) is 4.18. The molecule has 0 radical (unpaired) electrons. The lowest BCUT2D eigenvalue weighted by molar-refractivity contribution is 0.369. The molecular weight excluding hydrogens is 344 g/mol. The van der Waals surface area contributed by atoms with Gasteiger partial charge in [-0.3, -0.25) is 0 Å². The summed E-state index contributed by atoms with van der Waals surface area (Å²) in [4.78, 5) is 4.36. The molecule has 0 saturated heterocycles. The molecule has 2 heterocycles. The highest BCUT2D eigenvalue weighted by Crippen LogP contribution is 2.28.